The lowest BCUT2D eigenvalue weighted by Gasteiger charge is -2.17. The molecule has 0 radical (unpaired) electrons. The molecule has 0 aliphatic rings. The van der Waals surface area contributed by atoms with Gasteiger partial charge in [-0.15, -0.1) is 0 Å². The molecule has 0 aliphatic heterocycles. The van der Waals surface area contributed by atoms with Crippen molar-refractivity contribution in [1.29, 1.82) is 0 Å². The van der Waals surface area contributed by atoms with E-state index in [2.05, 4.69) is 5.32 Å². The zero-order chi connectivity index (χ0) is 14.7. The fourth-order valence-electron chi connectivity index (χ4n) is 1.79. The van der Waals surface area contributed by atoms with Crippen LogP contribution in [-0.4, -0.2) is 36.1 Å². The highest BCUT2D eigenvalue weighted by Gasteiger charge is 2.22. The number of aliphatic carboxylic acids is 1. The van der Waals surface area contributed by atoms with Gasteiger partial charge < -0.3 is 21.9 Å². The molecule has 0 fully saturated rings. The van der Waals surface area contributed by atoms with E-state index in [1.807, 2.05) is 6.92 Å². The molecule has 2 atom stereocenters. The predicted octanol–water partition coefficient (Wildman–Crippen LogP) is 0.450. The van der Waals surface area contributed by atoms with Crippen LogP contribution in [0.4, 0.5) is 0 Å². The summed E-state index contributed by atoms with van der Waals surface area (Å²) in [5.74, 6) is -1.36. The molecule has 0 aromatic carbocycles. The van der Waals surface area contributed by atoms with Crippen LogP contribution in [0.2, 0.25) is 0 Å². The number of carbonyl (C=O) groups excluding carboxylic acids is 1. The van der Waals surface area contributed by atoms with Crippen molar-refractivity contribution in [2.24, 2.45) is 17.4 Å². The maximum absolute atomic E-state index is 11.9. The van der Waals surface area contributed by atoms with Crippen molar-refractivity contribution in [3.05, 3.63) is 0 Å². The largest absolute Gasteiger partial charge is 0.480 e. The Balaban J connectivity index is 4.11. The molecule has 0 aromatic heterocycles. The maximum Gasteiger partial charge on any atom is 0.326 e. The van der Waals surface area contributed by atoms with Gasteiger partial charge in [-0.2, -0.15) is 0 Å². The summed E-state index contributed by atoms with van der Waals surface area (Å²) in [6.07, 6.45) is 4.40. The van der Waals surface area contributed by atoms with E-state index in [1.54, 1.807) is 0 Å². The number of nitrogens with two attached hydrogens (primary N) is 2. The summed E-state index contributed by atoms with van der Waals surface area (Å²) >= 11 is 0. The van der Waals surface area contributed by atoms with E-state index in [0.717, 1.165) is 25.7 Å². The predicted molar refractivity (Wildman–Crippen MR) is 74.5 cm³/mol. The summed E-state index contributed by atoms with van der Waals surface area (Å²) in [4.78, 5) is 22.9. The lowest BCUT2D eigenvalue weighted by Crippen LogP contribution is -2.43. The molecular weight excluding hydrogens is 246 g/mol. The van der Waals surface area contributed by atoms with Gasteiger partial charge in [-0.1, -0.05) is 13.3 Å². The quantitative estimate of drug-likeness (QED) is 0.408. The van der Waals surface area contributed by atoms with Crippen LogP contribution in [0.5, 0.6) is 0 Å². The number of carboxylic acid groups (broad SMARTS) is 1. The third-order valence-electron chi connectivity index (χ3n) is 3.10. The highest BCUT2D eigenvalue weighted by atomic mass is 16.4. The van der Waals surface area contributed by atoms with Gasteiger partial charge in [0.15, 0.2) is 0 Å². The molecule has 0 rings (SSSR count). The Morgan fingerprint density at radius 1 is 1.05 bits per heavy atom. The van der Waals surface area contributed by atoms with Crippen molar-refractivity contribution in [2.45, 2.75) is 51.5 Å². The molecule has 0 spiro atoms. The third-order valence-corrected chi connectivity index (χ3v) is 3.10. The first kappa shape index (κ1) is 17.9. The zero-order valence-corrected chi connectivity index (χ0v) is 11.7. The maximum atomic E-state index is 11.9. The van der Waals surface area contributed by atoms with Crippen molar-refractivity contribution >= 4 is 11.9 Å². The van der Waals surface area contributed by atoms with Crippen molar-refractivity contribution in [3.8, 4) is 0 Å². The highest BCUT2D eigenvalue weighted by Crippen LogP contribution is 2.09. The summed E-state index contributed by atoms with van der Waals surface area (Å²) in [6, 6.07) is -0.809. The number of carbonyl (C=O) groups is 2. The van der Waals surface area contributed by atoms with Crippen LogP contribution in [0, 0.1) is 5.92 Å². The van der Waals surface area contributed by atoms with Crippen molar-refractivity contribution < 1.29 is 14.7 Å². The molecule has 0 bridgehead atoms. The van der Waals surface area contributed by atoms with Crippen molar-refractivity contribution in [2.75, 3.05) is 13.1 Å². The van der Waals surface area contributed by atoms with Crippen LogP contribution in [0.3, 0.4) is 0 Å². The van der Waals surface area contributed by atoms with Gasteiger partial charge in [-0.3, -0.25) is 4.79 Å². The molecule has 112 valence electrons. The van der Waals surface area contributed by atoms with Crippen molar-refractivity contribution in [3.63, 3.8) is 0 Å². The minimum atomic E-state index is -0.987. The Labute approximate surface area is 114 Å². The van der Waals surface area contributed by atoms with Crippen LogP contribution in [-0.2, 0) is 9.59 Å². The fraction of sp³-hybridized carbons (Fsp3) is 0.846. The van der Waals surface area contributed by atoms with Crippen LogP contribution in [0.25, 0.3) is 0 Å². The Morgan fingerprint density at radius 2 is 1.58 bits per heavy atom. The minimum absolute atomic E-state index is 0.178. The molecule has 0 aliphatic carbocycles. The minimum Gasteiger partial charge on any atom is -0.480 e. The topological polar surface area (TPSA) is 118 Å². The molecule has 19 heavy (non-hydrogen) atoms. The molecule has 1 amide bonds. The average Bonchev–Trinajstić information content (AvgIpc) is 2.37. The third kappa shape index (κ3) is 8.56. The number of rotatable bonds is 11. The summed E-state index contributed by atoms with van der Waals surface area (Å²) in [6.45, 7) is 2.96. The van der Waals surface area contributed by atoms with Crippen LogP contribution in [0.1, 0.15) is 45.4 Å². The normalized spacial score (nSPS) is 13.8. The molecule has 0 saturated carbocycles. The second-order valence-electron chi connectivity index (χ2n) is 4.87. The van der Waals surface area contributed by atoms with Crippen LogP contribution in [0.15, 0.2) is 0 Å². The van der Waals surface area contributed by atoms with E-state index >= 15 is 0 Å². The number of hydrogen-bond acceptors (Lipinski definition) is 4. The average molecular weight is 273 g/mol. The van der Waals surface area contributed by atoms with E-state index in [-0.39, 0.29) is 11.8 Å². The molecule has 6 heteroatoms. The smallest absolute Gasteiger partial charge is 0.326 e. The van der Waals surface area contributed by atoms with Gasteiger partial charge in [0.25, 0.3) is 0 Å². The Kier molecular flexibility index (Phi) is 10.1. The van der Waals surface area contributed by atoms with Gasteiger partial charge in [-0.05, 0) is 45.2 Å². The number of hydrogen-bond donors (Lipinski definition) is 4. The molecule has 6 N–H and O–H groups in total. The lowest BCUT2D eigenvalue weighted by atomic mass is 10.0. The number of amides is 1. The standard InChI is InChI=1S/C13H27N3O3/c1-10(6-2-4-8-14)12(17)16-11(13(18)19)7-3-5-9-15/h10-11H,2-9,14-15H2,1H3,(H,16,17)(H,18,19)/t10-,11-/m0/s1. The Bertz CT molecular complexity index is 272. The second kappa shape index (κ2) is 10.8. The SMILES string of the molecule is C[C@@H](CCCCN)C(=O)N[C@@H](CCCCN)C(=O)O. The number of unbranched alkanes of at least 4 members (excludes halogenated alkanes) is 2. The molecule has 0 aromatic rings. The van der Waals surface area contributed by atoms with Gasteiger partial charge in [-0.25, -0.2) is 4.79 Å². The van der Waals surface area contributed by atoms with E-state index in [1.165, 1.54) is 0 Å². The van der Waals surface area contributed by atoms with E-state index < -0.39 is 12.0 Å². The van der Waals surface area contributed by atoms with Gasteiger partial charge >= 0.3 is 5.97 Å². The van der Waals surface area contributed by atoms with E-state index in [9.17, 15) is 9.59 Å². The first-order chi connectivity index (χ1) is 9.02. The van der Waals surface area contributed by atoms with E-state index in [0.29, 0.717) is 25.9 Å². The van der Waals surface area contributed by atoms with Gasteiger partial charge in [0.1, 0.15) is 6.04 Å². The summed E-state index contributed by atoms with van der Waals surface area (Å²) in [7, 11) is 0. The summed E-state index contributed by atoms with van der Waals surface area (Å²) in [5, 5.41) is 11.6. The first-order valence-electron chi connectivity index (χ1n) is 6.96. The summed E-state index contributed by atoms with van der Waals surface area (Å²) < 4.78 is 0. The zero-order valence-electron chi connectivity index (χ0n) is 11.7. The monoisotopic (exact) mass is 273 g/mol. The van der Waals surface area contributed by atoms with Gasteiger partial charge in [0, 0.05) is 5.92 Å². The first-order valence-corrected chi connectivity index (χ1v) is 6.96. The van der Waals surface area contributed by atoms with Gasteiger partial charge in [0.2, 0.25) is 5.91 Å². The summed E-state index contributed by atoms with van der Waals surface area (Å²) in [5.41, 5.74) is 10.8. The highest BCUT2D eigenvalue weighted by molar-refractivity contribution is 5.84. The molecule has 0 unspecified atom stereocenters. The molecule has 0 saturated heterocycles. The van der Waals surface area contributed by atoms with Crippen LogP contribution >= 0.6 is 0 Å². The van der Waals surface area contributed by atoms with Gasteiger partial charge in [0.05, 0.1) is 0 Å². The Hall–Kier alpha value is -1.14. The molecule has 6 nitrogen and oxygen atoms in total. The van der Waals surface area contributed by atoms with Crippen LogP contribution < -0.4 is 16.8 Å². The fourth-order valence-corrected chi connectivity index (χ4v) is 1.79. The van der Waals surface area contributed by atoms with E-state index in [4.69, 9.17) is 16.6 Å². The Morgan fingerprint density at radius 3 is 2.05 bits per heavy atom. The number of carboxylic acids is 1. The lowest BCUT2D eigenvalue weighted by molar-refractivity contribution is -0.142. The molecular formula is C13H27N3O3. The number of nitrogens with one attached hydrogen (secondary N) is 1. The second-order valence-corrected chi connectivity index (χ2v) is 4.87. The molecule has 0 heterocycles. The van der Waals surface area contributed by atoms with Crippen molar-refractivity contribution in [1.82, 2.24) is 5.32 Å².